The van der Waals surface area contributed by atoms with Crippen LogP contribution in [0.3, 0.4) is 0 Å². The molecular weight excluding hydrogens is 328 g/mol. The van der Waals surface area contributed by atoms with Crippen LogP contribution in [0.1, 0.15) is 5.56 Å². The number of anilines is 1. The van der Waals surface area contributed by atoms with Crippen molar-refractivity contribution >= 4 is 22.5 Å². The number of amides is 1. The van der Waals surface area contributed by atoms with Gasteiger partial charge in [-0.2, -0.15) is 5.10 Å². The molecule has 0 aliphatic carbocycles. The first-order chi connectivity index (χ1) is 12.7. The van der Waals surface area contributed by atoms with E-state index in [0.29, 0.717) is 0 Å². The van der Waals surface area contributed by atoms with Crippen molar-refractivity contribution in [1.29, 1.82) is 0 Å². The molecule has 2 aromatic carbocycles. The van der Waals surface area contributed by atoms with Crippen molar-refractivity contribution in [1.82, 2.24) is 15.2 Å². The van der Waals surface area contributed by atoms with Gasteiger partial charge in [0.2, 0.25) is 5.91 Å². The summed E-state index contributed by atoms with van der Waals surface area (Å²) in [6.07, 6.45) is 5.68. The van der Waals surface area contributed by atoms with Gasteiger partial charge in [-0.3, -0.25) is 9.89 Å². The summed E-state index contributed by atoms with van der Waals surface area (Å²) in [7, 11) is 1.63. The molecule has 4 aromatic rings. The summed E-state index contributed by atoms with van der Waals surface area (Å²) in [5.41, 5.74) is 4.57. The van der Waals surface area contributed by atoms with E-state index in [9.17, 15) is 4.79 Å². The first-order valence-corrected chi connectivity index (χ1v) is 8.26. The third-order valence-electron chi connectivity index (χ3n) is 4.30. The van der Waals surface area contributed by atoms with Crippen LogP contribution in [0.5, 0.6) is 5.75 Å². The summed E-state index contributed by atoms with van der Waals surface area (Å²) < 4.78 is 5.42. The van der Waals surface area contributed by atoms with Crippen LogP contribution in [-0.4, -0.2) is 28.2 Å². The predicted octanol–water partition coefficient (Wildman–Crippen LogP) is 3.75. The lowest BCUT2D eigenvalue weighted by molar-refractivity contribution is -0.115. The smallest absolute Gasteiger partial charge is 0.228 e. The summed E-state index contributed by atoms with van der Waals surface area (Å²) in [5, 5.41) is 10.7. The van der Waals surface area contributed by atoms with Crippen LogP contribution in [0.4, 0.5) is 5.69 Å². The molecule has 4 rings (SSSR count). The lowest BCUT2D eigenvalue weighted by Crippen LogP contribution is -2.14. The number of aromatic nitrogens is 3. The fourth-order valence-electron chi connectivity index (χ4n) is 3.09. The van der Waals surface area contributed by atoms with E-state index in [1.54, 1.807) is 13.3 Å². The van der Waals surface area contributed by atoms with Gasteiger partial charge in [0.15, 0.2) is 0 Å². The molecule has 0 unspecified atom stereocenters. The van der Waals surface area contributed by atoms with Crippen molar-refractivity contribution in [2.45, 2.75) is 6.42 Å². The molecule has 3 N–H and O–H groups in total. The minimum atomic E-state index is -0.0823. The van der Waals surface area contributed by atoms with Crippen molar-refractivity contribution in [3.05, 3.63) is 66.6 Å². The van der Waals surface area contributed by atoms with Crippen LogP contribution in [0, 0.1) is 0 Å². The number of hydrogen-bond acceptors (Lipinski definition) is 3. The Morgan fingerprint density at radius 3 is 2.85 bits per heavy atom. The SMILES string of the molecule is COc1cccc2[nH]cc(CC(=O)Nc3cccc(-c4cn[nH]c4)c3)c12. The van der Waals surface area contributed by atoms with Gasteiger partial charge in [0, 0.05) is 34.5 Å². The van der Waals surface area contributed by atoms with Crippen molar-refractivity contribution < 1.29 is 9.53 Å². The van der Waals surface area contributed by atoms with Gasteiger partial charge in [0.05, 0.1) is 19.7 Å². The number of carbonyl (C=O) groups is 1. The third-order valence-corrected chi connectivity index (χ3v) is 4.30. The summed E-state index contributed by atoms with van der Waals surface area (Å²) in [4.78, 5) is 15.7. The van der Waals surface area contributed by atoms with Gasteiger partial charge in [-0.15, -0.1) is 0 Å². The van der Waals surface area contributed by atoms with Gasteiger partial charge in [0.25, 0.3) is 0 Å². The molecule has 6 nitrogen and oxygen atoms in total. The zero-order chi connectivity index (χ0) is 17.9. The average molecular weight is 346 g/mol. The number of rotatable bonds is 5. The Kier molecular flexibility index (Phi) is 4.15. The maximum Gasteiger partial charge on any atom is 0.228 e. The Morgan fingerprint density at radius 1 is 1.15 bits per heavy atom. The zero-order valence-corrected chi connectivity index (χ0v) is 14.2. The summed E-state index contributed by atoms with van der Waals surface area (Å²) in [5.74, 6) is 0.676. The van der Waals surface area contributed by atoms with Gasteiger partial charge in [-0.1, -0.05) is 18.2 Å². The standard InChI is InChI=1S/C20H18N4O2/c1-26-18-7-3-6-17-20(18)14(10-21-17)9-19(25)24-16-5-2-4-13(8-16)15-11-22-23-12-15/h2-8,10-12,21H,9H2,1H3,(H,22,23)(H,24,25). The Labute approximate surface area is 150 Å². The molecule has 130 valence electrons. The predicted molar refractivity (Wildman–Crippen MR) is 101 cm³/mol. The van der Waals surface area contributed by atoms with Gasteiger partial charge in [-0.05, 0) is 35.4 Å². The highest BCUT2D eigenvalue weighted by Gasteiger charge is 2.13. The molecule has 0 saturated carbocycles. The highest BCUT2D eigenvalue weighted by molar-refractivity contribution is 5.97. The third kappa shape index (κ3) is 3.04. The molecule has 1 amide bonds. The van der Waals surface area contributed by atoms with Crippen molar-refractivity contribution in [3.8, 4) is 16.9 Å². The molecule has 0 aliphatic rings. The highest BCUT2D eigenvalue weighted by Crippen LogP contribution is 2.29. The van der Waals surface area contributed by atoms with E-state index in [0.717, 1.165) is 39.0 Å². The lowest BCUT2D eigenvalue weighted by atomic mass is 10.1. The number of nitrogens with zero attached hydrogens (tertiary/aromatic N) is 1. The van der Waals surface area contributed by atoms with E-state index in [2.05, 4.69) is 20.5 Å². The number of fused-ring (bicyclic) bond motifs is 1. The van der Waals surface area contributed by atoms with Crippen LogP contribution in [-0.2, 0) is 11.2 Å². The number of H-pyrrole nitrogens is 2. The lowest BCUT2D eigenvalue weighted by Gasteiger charge is -2.08. The molecule has 2 heterocycles. The fourth-order valence-corrected chi connectivity index (χ4v) is 3.09. The van der Waals surface area contributed by atoms with Crippen LogP contribution < -0.4 is 10.1 Å². The van der Waals surface area contributed by atoms with Gasteiger partial charge in [0.1, 0.15) is 5.75 Å². The van der Waals surface area contributed by atoms with Crippen molar-refractivity contribution in [3.63, 3.8) is 0 Å². The quantitative estimate of drug-likeness (QED) is 0.515. The number of carbonyl (C=O) groups excluding carboxylic acids is 1. The second kappa shape index (κ2) is 6.76. The van der Waals surface area contributed by atoms with Gasteiger partial charge < -0.3 is 15.0 Å². The van der Waals surface area contributed by atoms with Crippen LogP contribution in [0.2, 0.25) is 0 Å². The van der Waals surface area contributed by atoms with E-state index in [-0.39, 0.29) is 12.3 Å². The largest absolute Gasteiger partial charge is 0.496 e. The number of ether oxygens (including phenoxy) is 1. The minimum absolute atomic E-state index is 0.0823. The molecule has 2 aromatic heterocycles. The number of methoxy groups -OCH3 is 1. The highest BCUT2D eigenvalue weighted by atomic mass is 16.5. The Balaban J connectivity index is 1.54. The summed E-state index contributed by atoms with van der Waals surface area (Å²) in [6.45, 7) is 0. The van der Waals surface area contributed by atoms with E-state index >= 15 is 0 Å². The molecule has 0 spiro atoms. The van der Waals surface area contributed by atoms with Crippen LogP contribution >= 0.6 is 0 Å². The van der Waals surface area contributed by atoms with Gasteiger partial charge >= 0.3 is 0 Å². The molecule has 26 heavy (non-hydrogen) atoms. The number of benzene rings is 2. The Morgan fingerprint density at radius 2 is 2.04 bits per heavy atom. The Hall–Kier alpha value is -3.54. The van der Waals surface area contributed by atoms with E-state index in [1.807, 2.05) is 54.9 Å². The van der Waals surface area contributed by atoms with Crippen molar-refractivity contribution in [2.75, 3.05) is 12.4 Å². The zero-order valence-electron chi connectivity index (χ0n) is 14.2. The van der Waals surface area contributed by atoms with E-state index < -0.39 is 0 Å². The van der Waals surface area contributed by atoms with Crippen molar-refractivity contribution in [2.24, 2.45) is 0 Å². The number of aromatic amines is 2. The maximum atomic E-state index is 12.5. The maximum absolute atomic E-state index is 12.5. The molecular formula is C20H18N4O2. The summed E-state index contributed by atoms with van der Waals surface area (Å²) in [6, 6.07) is 13.5. The summed E-state index contributed by atoms with van der Waals surface area (Å²) >= 11 is 0. The molecule has 6 heteroatoms. The molecule has 0 saturated heterocycles. The first kappa shape index (κ1) is 16.0. The first-order valence-electron chi connectivity index (χ1n) is 8.26. The molecule has 0 aliphatic heterocycles. The van der Waals surface area contributed by atoms with Crippen LogP contribution in [0.25, 0.3) is 22.0 Å². The molecule has 0 bridgehead atoms. The fraction of sp³-hybridized carbons (Fsp3) is 0.100. The topological polar surface area (TPSA) is 82.8 Å². The molecule has 0 radical (unpaired) electrons. The van der Waals surface area contributed by atoms with E-state index in [4.69, 9.17) is 4.74 Å². The number of hydrogen-bond donors (Lipinski definition) is 3. The Bertz CT molecular complexity index is 1050. The number of nitrogens with one attached hydrogen (secondary N) is 3. The molecule has 0 fully saturated rings. The van der Waals surface area contributed by atoms with Crippen LogP contribution in [0.15, 0.2) is 61.1 Å². The minimum Gasteiger partial charge on any atom is -0.496 e. The normalized spacial score (nSPS) is 10.8. The average Bonchev–Trinajstić information content (AvgIpc) is 3.32. The second-order valence-corrected chi connectivity index (χ2v) is 5.99. The second-order valence-electron chi connectivity index (χ2n) is 5.99. The molecule has 0 atom stereocenters. The monoisotopic (exact) mass is 346 g/mol. The van der Waals surface area contributed by atoms with E-state index in [1.165, 1.54) is 0 Å². The van der Waals surface area contributed by atoms with Gasteiger partial charge in [-0.25, -0.2) is 0 Å².